The molecule has 2 rings (SSSR count). The van der Waals surface area contributed by atoms with E-state index in [1.54, 1.807) is 0 Å². The predicted molar refractivity (Wildman–Crippen MR) is 70.5 cm³/mol. The first-order valence-corrected chi connectivity index (χ1v) is 6.18. The molecule has 1 aromatic carbocycles. The maximum Gasteiger partial charge on any atom is 0.244 e. The summed E-state index contributed by atoms with van der Waals surface area (Å²) < 4.78 is 0. The fraction of sp³-hybridized carbons (Fsp3) is 0.357. The molecule has 100 valence electrons. The van der Waals surface area contributed by atoms with Gasteiger partial charge in [0.25, 0.3) is 0 Å². The molecule has 1 heterocycles. The van der Waals surface area contributed by atoms with Crippen molar-refractivity contribution in [2.24, 2.45) is 0 Å². The fourth-order valence-electron chi connectivity index (χ4n) is 2.13. The van der Waals surface area contributed by atoms with Crippen LogP contribution < -0.4 is 5.32 Å². The van der Waals surface area contributed by atoms with Gasteiger partial charge in [0.15, 0.2) is 0 Å². The number of carbonyl (C=O) groups excluding carboxylic acids is 3. The van der Waals surface area contributed by atoms with Crippen molar-refractivity contribution in [3.63, 3.8) is 0 Å². The Morgan fingerprint density at radius 3 is 2.21 bits per heavy atom. The molecule has 1 aromatic rings. The summed E-state index contributed by atoms with van der Waals surface area (Å²) in [5.74, 6) is -0.899. The van der Waals surface area contributed by atoms with Crippen molar-refractivity contribution in [3.8, 4) is 0 Å². The lowest BCUT2D eigenvalue weighted by Crippen LogP contribution is -2.37. The van der Waals surface area contributed by atoms with Gasteiger partial charge in [-0.25, -0.2) is 0 Å². The normalized spacial score (nSPS) is 14.9. The number of rotatable bonds is 3. The van der Waals surface area contributed by atoms with Crippen LogP contribution in [0.2, 0.25) is 0 Å². The fourth-order valence-corrected chi connectivity index (χ4v) is 2.13. The zero-order chi connectivity index (χ0) is 14.0. The van der Waals surface area contributed by atoms with Gasteiger partial charge < -0.3 is 5.32 Å². The number of likely N-dealkylation sites (tertiary alicyclic amines) is 1. The Hall–Kier alpha value is -2.17. The third-order valence-corrected chi connectivity index (χ3v) is 3.20. The van der Waals surface area contributed by atoms with E-state index >= 15 is 0 Å². The molecule has 0 bridgehead atoms. The summed E-state index contributed by atoms with van der Waals surface area (Å²) in [6, 6.07) is 5.71. The number of nitrogens with one attached hydrogen (secondary N) is 1. The SMILES string of the molecule is Cc1cccc(C)c1NC(=O)CN1C(=O)CCC1=O. The summed E-state index contributed by atoms with van der Waals surface area (Å²) in [6.07, 6.45) is 0.408. The van der Waals surface area contributed by atoms with Crippen molar-refractivity contribution in [1.29, 1.82) is 0 Å². The van der Waals surface area contributed by atoms with Crippen LogP contribution in [0.1, 0.15) is 24.0 Å². The minimum absolute atomic E-state index is 0.203. The summed E-state index contributed by atoms with van der Waals surface area (Å²) in [5.41, 5.74) is 2.64. The molecule has 0 radical (unpaired) electrons. The van der Waals surface area contributed by atoms with Gasteiger partial charge in [-0.1, -0.05) is 18.2 Å². The maximum absolute atomic E-state index is 11.9. The Kier molecular flexibility index (Phi) is 3.64. The minimum atomic E-state index is -0.346. The smallest absolute Gasteiger partial charge is 0.244 e. The van der Waals surface area contributed by atoms with E-state index in [-0.39, 0.29) is 37.1 Å². The molecule has 0 saturated carbocycles. The largest absolute Gasteiger partial charge is 0.324 e. The second-order valence-electron chi connectivity index (χ2n) is 4.69. The maximum atomic E-state index is 11.9. The van der Waals surface area contributed by atoms with Gasteiger partial charge in [-0.3, -0.25) is 19.3 Å². The van der Waals surface area contributed by atoms with Crippen LogP contribution in [0, 0.1) is 13.8 Å². The third-order valence-electron chi connectivity index (χ3n) is 3.20. The molecule has 0 atom stereocenters. The van der Waals surface area contributed by atoms with Crippen molar-refractivity contribution in [1.82, 2.24) is 4.90 Å². The molecular formula is C14H16N2O3. The summed E-state index contributed by atoms with van der Waals surface area (Å²) in [6.45, 7) is 3.59. The molecule has 0 spiro atoms. The van der Waals surface area contributed by atoms with Crippen molar-refractivity contribution < 1.29 is 14.4 Å². The molecule has 0 aliphatic carbocycles. The molecule has 0 aromatic heterocycles. The molecule has 5 nitrogen and oxygen atoms in total. The minimum Gasteiger partial charge on any atom is -0.324 e. The van der Waals surface area contributed by atoms with Crippen LogP contribution >= 0.6 is 0 Å². The van der Waals surface area contributed by atoms with Gasteiger partial charge in [-0.15, -0.1) is 0 Å². The number of hydrogen-bond acceptors (Lipinski definition) is 3. The highest BCUT2D eigenvalue weighted by molar-refractivity contribution is 6.06. The van der Waals surface area contributed by atoms with Crippen molar-refractivity contribution in [2.75, 3.05) is 11.9 Å². The molecule has 1 N–H and O–H groups in total. The van der Waals surface area contributed by atoms with Gasteiger partial charge in [0, 0.05) is 18.5 Å². The van der Waals surface area contributed by atoms with Crippen LogP contribution in [0.25, 0.3) is 0 Å². The van der Waals surface area contributed by atoms with E-state index in [0.717, 1.165) is 21.7 Å². The number of carbonyl (C=O) groups is 3. The number of aryl methyl sites for hydroxylation is 2. The Morgan fingerprint density at radius 2 is 1.68 bits per heavy atom. The van der Waals surface area contributed by atoms with Crippen LogP contribution in [0.3, 0.4) is 0 Å². The van der Waals surface area contributed by atoms with Crippen LogP contribution in [0.15, 0.2) is 18.2 Å². The second-order valence-corrected chi connectivity index (χ2v) is 4.69. The Labute approximate surface area is 111 Å². The second kappa shape index (κ2) is 5.22. The zero-order valence-electron chi connectivity index (χ0n) is 11.0. The van der Waals surface area contributed by atoms with Crippen molar-refractivity contribution >= 4 is 23.4 Å². The lowest BCUT2D eigenvalue weighted by molar-refractivity contribution is -0.141. The quantitative estimate of drug-likeness (QED) is 0.835. The molecule has 1 fully saturated rings. The summed E-state index contributed by atoms with van der Waals surface area (Å²) >= 11 is 0. The van der Waals surface area contributed by atoms with E-state index < -0.39 is 0 Å². The number of nitrogens with zero attached hydrogens (tertiary/aromatic N) is 1. The zero-order valence-corrected chi connectivity index (χ0v) is 11.0. The molecule has 19 heavy (non-hydrogen) atoms. The van der Waals surface area contributed by atoms with Crippen LogP contribution in [-0.4, -0.2) is 29.2 Å². The molecule has 0 unspecified atom stereocenters. The first-order valence-electron chi connectivity index (χ1n) is 6.18. The highest BCUT2D eigenvalue weighted by Crippen LogP contribution is 2.19. The monoisotopic (exact) mass is 260 g/mol. The number of hydrogen-bond donors (Lipinski definition) is 1. The number of amides is 3. The summed E-state index contributed by atoms with van der Waals surface area (Å²) in [4.78, 5) is 35.8. The number of benzene rings is 1. The topological polar surface area (TPSA) is 66.5 Å². The highest BCUT2D eigenvalue weighted by atomic mass is 16.2. The number of para-hydroxylation sites is 1. The van der Waals surface area contributed by atoms with E-state index in [1.807, 2.05) is 32.0 Å². The van der Waals surface area contributed by atoms with Gasteiger partial charge in [0.1, 0.15) is 6.54 Å². The molecule has 1 aliphatic rings. The van der Waals surface area contributed by atoms with Gasteiger partial charge in [-0.05, 0) is 25.0 Å². The Morgan fingerprint density at radius 1 is 1.16 bits per heavy atom. The average molecular weight is 260 g/mol. The van der Waals surface area contributed by atoms with Gasteiger partial charge in [0.05, 0.1) is 0 Å². The molecule has 1 saturated heterocycles. The lowest BCUT2D eigenvalue weighted by atomic mass is 10.1. The summed E-state index contributed by atoms with van der Waals surface area (Å²) in [5, 5.41) is 2.76. The molecule has 3 amide bonds. The third kappa shape index (κ3) is 2.81. The molecule has 5 heteroatoms. The highest BCUT2D eigenvalue weighted by Gasteiger charge is 2.30. The van der Waals surface area contributed by atoms with Gasteiger partial charge >= 0.3 is 0 Å². The Balaban J connectivity index is 2.06. The van der Waals surface area contributed by atoms with E-state index in [0.29, 0.717) is 0 Å². The van der Waals surface area contributed by atoms with Crippen LogP contribution in [0.4, 0.5) is 5.69 Å². The molecule has 1 aliphatic heterocycles. The van der Waals surface area contributed by atoms with E-state index in [9.17, 15) is 14.4 Å². The molecular weight excluding hydrogens is 244 g/mol. The van der Waals surface area contributed by atoms with Crippen molar-refractivity contribution in [3.05, 3.63) is 29.3 Å². The van der Waals surface area contributed by atoms with Crippen LogP contribution in [-0.2, 0) is 14.4 Å². The van der Waals surface area contributed by atoms with E-state index in [1.165, 1.54) is 0 Å². The van der Waals surface area contributed by atoms with Crippen molar-refractivity contribution in [2.45, 2.75) is 26.7 Å². The lowest BCUT2D eigenvalue weighted by Gasteiger charge is -2.15. The first kappa shape index (κ1) is 13.3. The predicted octanol–water partition coefficient (Wildman–Crippen LogP) is 1.39. The number of anilines is 1. The number of imide groups is 1. The van der Waals surface area contributed by atoms with Gasteiger partial charge in [-0.2, -0.15) is 0 Å². The first-order chi connectivity index (χ1) is 8.99. The standard InChI is InChI=1S/C14H16N2O3/c1-9-4-3-5-10(2)14(9)15-11(17)8-16-12(18)6-7-13(16)19/h3-5H,6-8H2,1-2H3,(H,15,17). The van der Waals surface area contributed by atoms with E-state index in [4.69, 9.17) is 0 Å². The van der Waals surface area contributed by atoms with E-state index in [2.05, 4.69) is 5.32 Å². The summed E-state index contributed by atoms with van der Waals surface area (Å²) in [7, 11) is 0. The van der Waals surface area contributed by atoms with Gasteiger partial charge in [0.2, 0.25) is 17.7 Å². The Bertz CT molecular complexity index is 515. The van der Waals surface area contributed by atoms with Crippen LogP contribution in [0.5, 0.6) is 0 Å². The average Bonchev–Trinajstić information content (AvgIpc) is 2.66.